The van der Waals surface area contributed by atoms with Crippen LogP contribution in [-0.4, -0.2) is 5.91 Å². The molecule has 0 aliphatic heterocycles. The van der Waals surface area contributed by atoms with Crippen LogP contribution in [0.5, 0.6) is 0 Å². The highest BCUT2D eigenvalue weighted by Crippen LogP contribution is 2.36. The highest BCUT2D eigenvalue weighted by atomic mass is 79.9. The van der Waals surface area contributed by atoms with Crippen molar-refractivity contribution in [3.63, 3.8) is 0 Å². The molecule has 0 heterocycles. The minimum absolute atomic E-state index is 0.0251. The minimum Gasteiger partial charge on any atom is -0.325 e. The number of benzene rings is 2. The monoisotopic (exact) mass is 335 g/mol. The van der Waals surface area contributed by atoms with Crippen LogP contribution >= 0.6 is 27.5 Å². The Labute approximate surface area is 124 Å². The van der Waals surface area contributed by atoms with Gasteiger partial charge in [-0.05, 0) is 51.7 Å². The van der Waals surface area contributed by atoms with Crippen molar-refractivity contribution >= 4 is 39.1 Å². The molecule has 2 aromatic carbocycles. The average molecular weight is 337 g/mol. The van der Waals surface area contributed by atoms with Crippen molar-refractivity contribution in [3.05, 3.63) is 63.1 Å². The first-order valence-corrected chi connectivity index (χ1v) is 7.16. The quantitative estimate of drug-likeness (QED) is 0.866. The van der Waals surface area contributed by atoms with Gasteiger partial charge in [0.15, 0.2) is 0 Å². The van der Waals surface area contributed by atoms with Gasteiger partial charge in [-0.1, -0.05) is 35.9 Å². The molecule has 0 radical (unpaired) electrons. The number of carbonyl (C=O) groups is 1. The van der Waals surface area contributed by atoms with Crippen molar-refractivity contribution in [2.75, 3.05) is 5.32 Å². The van der Waals surface area contributed by atoms with Gasteiger partial charge in [0.1, 0.15) is 0 Å². The molecule has 3 rings (SSSR count). The van der Waals surface area contributed by atoms with Gasteiger partial charge >= 0.3 is 0 Å². The summed E-state index contributed by atoms with van der Waals surface area (Å²) in [6.07, 6.45) is 0.812. The lowest BCUT2D eigenvalue weighted by atomic mass is 9.77. The maximum absolute atomic E-state index is 12.2. The van der Waals surface area contributed by atoms with Gasteiger partial charge < -0.3 is 5.32 Å². The molecule has 19 heavy (non-hydrogen) atoms. The van der Waals surface area contributed by atoms with Crippen LogP contribution in [0.25, 0.3) is 0 Å². The summed E-state index contributed by atoms with van der Waals surface area (Å²) < 4.78 is 0.821. The summed E-state index contributed by atoms with van der Waals surface area (Å²) in [6, 6.07) is 13.4. The smallest absolute Gasteiger partial charge is 0.232 e. The molecule has 0 spiro atoms. The number of anilines is 1. The van der Waals surface area contributed by atoms with E-state index in [2.05, 4.69) is 27.3 Å². The highest BCUT2D eigenvalue weighted by Gasteiger charge is 2.31. The van der Waals surface area contributed by atoms with Crippen LogP contribution in [0.2, 0.25) is 5.02 Å². The fourth-order valence-corrected chi connectivity index (χ4v) is 2.72. The first kappa shape index (κ1) is 12.7. The number of halogens is 2. The second-order valence-corrected chi connectivity index (χ2v) is 5.84. The summed E-state index contributed by atoms with van der Waals surface area (Å²) in [6.45, 7) is 0. The summed E-state index contributed by atoms with van der Waals surface area (Å²) in [5.74, 6) is -0.0179. The molecular weight excluding hydrogens is 326 g/mol. The molecule has 0 fully saturated rings. The van der Waals surface area contributed by atoms with Gasteiger partial charge in [0, 0.05) is 10.2 Å². The minimum atomic E-state index is -0.0429. The molecule has 2 aromatic rings. The Kier molecular flexibility index (Phi) is 3.33. The van der Waals surface area contributed by atoms with E-state index in [9.17, 15) is 4.79 Å². The van der Waals surface area contributed by atoms with Gasteiger partial charge in [-0.3, -0.25) is 4.79 Å². The molecule has 1 atom stereocenters. The lowest BCUT2D eigenvalue weighted by molar-refractivity contribution is -0.118. The third kappa shape index (κ3) is 2.40. The molecule has 0 aromatic heterocycles. The van der Waals surface area contributed by atoms with E-state index < -0.39 is 0 Å². The maximum atomic E-state index is 12.2. The predicted molar refractivity (Wildman–Crippen MR) is 80.7 cm³/mol. The standard InChI is InChI=1S/C15H11BrClNO/c16-13-6-5-10(8-14(13)17)18-15(19)12-7-9-3-1-2-4-11(9)12/h1-6,8,12H,7H2,(H,18,19). The Morgan fingerprint density at radius 3 is 2.79 bits per heavy atom. The number of rotatable bonds is 2. The predicted octanol–water partition coefficient (Wildman–Crippen LogP) is 4.38. The summed E-state index contributed by atoms with van der Waals surface area (Å²) >= 11 is 9.33. The van der Waals surface area contributed by atoms with Crippen molar-refractivity contribution < 1.29 is 4.79 Å². The lowest BCUT2D eigenvalue weighted by Gasteiger charge is -2.28. The van der Waals surface area contributed by atoms with Gasteiger partial charge in [0.25, 0.3) is 0 Å². The summed E-state index contributed by atoms with van der Waals surface area (Å²) in [5, 5.41) is 3.50. The fourth-order valence-electron chi connectivity index (χ4n) is 2.30. The molecule has 1 N–H and O–H groups in total. The van der Waals surface area contributed by atoms with Crippen LogP contribution in [0.1, 0.15) is 17.0 Å². The number of hydrogen-bond acceptors (Lipinski definition) is 1. The lowest BCUT2D eigenvalue weighted by Crippen LogP contribution is -2.30. The van der Waals surface area contributed by atoms with E-state index in [-0.39, 0.29) is 11.8 Å². The number of carbonyl (C=O) groups excluding carboxylic acids is 1. The fraction of sp³-hybridized carbons (Fsp3) is 0.133. The second-order valence-electron chi connectivity index (χ2n) is 4.57. The van der Waals surface area contributed by atoms with Crippen molar-refractivity contribution in [1.29, 1.82) is 0 Å². The van der Waals surface area contributed by atoms with E-state index in [1.54, 1.807) is 6.07 Å². The van der Waals surface area contributed by atoms with Crippen LogP contribution < -0.4 is 5.32 Å². The van der Waals surface area contributed by atoms with Crippen molar-refractivity contribution in [1.82, 2.24) is 0 Å². The largest absolute Gasteiger partial charge is 0.325 e. The zero-order chi connectivity index (χ0) is 13.4. The first-order valence-electron chi connectivity index (χ1n) is 5.99. The van der Waals surface area contributed by atoms with Gasteiger partial charge in [0.05, 0.1) is 10.9 Å². The summed E-state index contributed by atoms with van der Waals surface area (Å²) in [7, 11) is 0. The molecular formula is C15H11BrClNO. The first-order chi connectivity index (χ1) is 9.15. The number of amides is 1. The van der Waals surface area contributed by atoms with Crippen LogP contribution in [0.3, 0.4) is 0 Å². The molecule has 0 saturated carbocycles. The molecule has 2 nitrogen and oxygen atoms in total. The maximum Gasteiger partial charge on any atom is 0.232 e. The van der Waals surface area contributed by atoms with Gasteiger partial charge in [-0.25, -0.2) is 0 Å². The van der Waals surface area contributed by atoms with Crippen molar-refractivity contribution in [2.45, 2.75) is 12.3 Å². The third-order valence-electron chi connectivity index (χ3n) is 3.36. The zero-order valence-corrected chi connectivity index (χ0v) is 12.3. The molecule has 0 bridgehead atoms. The zero-order valence-electron chi connectivity index (χ0n) is 9.99. The highest BCUT2D eigenvalue weighted by molar-refractivity contribution is 9.10. The number of nitrogens with one attached hydrogen (secondary N) is 1. The van der Waals surface area contributed by atoms with Gasteiger partial charge in [-0.2, -0.15) is 0 Å². The van der Waals surface area contributed by atoms with E-state index in [0.29, 0.717) is 5.02 Å². The Hall–Kier alpha value is -1.32. The molecule has 4 heteroatoms. The number of hydrogen-bond donors (Lipinski definition) is 1. The Balaban J connectivity index is 1.75. The number of fused-ring (bicyclic) bond motifs is 1. The van der Waals surface area contributed by atoms with Crippen LogP contribution in [-0.2, 0) is 11.2 Å². The van der Waals surface area contributed by atoms with E-state index in [1.165, 1.54) is 5.56 Å². The van der Waals surface area contributed by atoms with Crippen molar-refractivity contribution in [2.24, 2.45) is 0 Å². The molecule has 1 aliphatic carbocycles. The molecule has 1 amide bonds. The van der Waals surface area contributed by atoms with Gasteiger partial charge in [0.2, 0.25) is 5.91 Å². The second kappa shape index (κ2) is 4.99. The van der Waals surface area contributed by atoms with Crippen LogP contribution in [0.15, 0.2) is 46.9 Å². The van der Waals surface area contributed by atoms with Crippen LogP contribution in [0.4, 0.5) is 5.69 Å². The average Bonchev–Trinajstić information content (AvgIpc) is 2.35. The molecule has 0 saturated heterocycles. The Morgan fingerprint density at radius 1 is 1.26 bits per heavy atom. The molecule has 1 aliphatic rings. The van der Waals surface area contributed by atoms with E-state index in [1.807, 2.05) is 30.3 Å². The SMILES string of the molecule is O=C(Nc1ccc(Br)c(Cl)c1)C1Cc2ccccc21. The Morgan fingerprint density at radius 2 is 2.05 bits per heavy atom. The van der Waals surface area contributed by atoms with Crippen LogP contribution in [0, 0.1) is 0 Å². The summed E-state index contributed by atoms with van der Waals surface area (Å²) in [5.41, 5.74) is 3.11. The Bertz CT molecular complexity index is 656. The molecule has 1 unspecified atom stereocenters. The molecule has 96 valence electrons. The van der Waals surface area contributed by atoms with Crippen molar-refractivity contribution in [3.8, 4) is 0 Å². The van der Waals surface area contributed by atoms with E-state index in [4.69, 9.17) is 11.6 Å². The van der Waals surface area contributed by atoms with E-state index >= 15 is 0 Å². The normalized spacial score (nSPS) is 16.4. The summed E-state index contributed by atoms with van der Waals surface area (Å²) in [4.78, 5) is 12.2. The van der Waals surface area contributed by atoms with E-state index in [0.717, 1.165) is 22.1 Å². The van der Waals surface area contributed by atoms with Gasteiger partial charge in [-0.15, -0.1) is 0 Å². The topological polar surface area (TPSA) is 29.1 Å². The third-order valence-corrected chi connectivity index (χ3v) is 4.59.